The van der Waals surface area contributed by atoms with E-state index in [2.05, 4.69) is 5.32 Å². The molecule has 1 amide bonds. The number of nitrogens with zero attached hydrogens (tertiary/aromatic N) is 1. The molecule has 7 heteroatoms. The third kappa shape index (κ3) is 3.26. The van der Waals surface area contributed by atoms with Gasteiger partial charge in [0.25, 0.3) is 0 Å². The van der Waals surface area contributed by atoms with Gasteiger partial charge in [0.05, 0.1) is 10.3 Å². The first-order valence-corrected chi connectivity index (χ1v) is 10.5. The lowest BCUT2D eigenvalue weighted by molar-refractivity contribution is -0.118. The number of hydrogen-bond donors (Lipinski definition) is 1. The van der Waals surface area contributed by atoms with Crippen molar-refractivity contribution in [3.8, 4) is 0 Å². The molecule has 1 N–H and O–H groups in total. The molecule has 0 radical (unpaired) electrons. The number of nitrogens with one attached hydrogen (secondary N) is 1. The van der Waals surface area contributed by atoms with Crippen LogP contribution in [0.4, 0.5) is 10.1 Å². The topological polar surface area (TPSA) is 66.5 Å². The van der Waals surface area contributed by atoms with E-state index in [0.29, 0.717) is 37.2 Å². The largest absolute Gasteiger partial charge is 0.325 e. The Labute approximate surface area is 158 Å². The highest BCUT2D eigenvalue weighted by Gasteiger charge is 2.52. The minimum atomic E-state index is -3.55. The average Bonchev–Trinajstić information content (AvgIpc) is 3.27. The number of halogens is 1. The van der Waals surface area contributed by atoms with Crippen LogP contribution < -0.4 is 5.32 Å². The summed E-state index contributed by atoms with van der Waals surface area (Å²) in [7, 11) is -3.55. The average molecular weight is 388 g/mol. The van der Waals surface area contributed by atoms with E-state index in [1.807, 2.05) is 0 Å². The summed E-state index contributed by atoms with van der Waals surface area (Å²) in [4.78, 5) is 13.0. The van der Waals surface area contributed by atoms with Crippen LogP contribution in [-0.4, -0.2) is 31.7 Å². The van der Waals surface area contributed by atoms with E-state index in [1.165, 1.54) is 22.5 Å². The van der Waals surface area contributed by atoms with Crippen molar-refractivity contribution >= 4 is 21.6 Å². The van der Waals surface area contributed by atoms with Crippen molar-refractivity contribution in [2.45, 2.75) is 36.0 Å². The Morgan fingerprint density at radius 3 is 2.41 bits per heavy atom. The van der Waals surface area contributed by atoms with Crippen molar-refractivity contribution in [3.05, 3.63) is 59.9 Å². The number of carbonyl (C=O) groups excluding carboxylic acids is 1. The molecule has 0 bridgehead atoms. The van der Waals surface area contributed by atoms with Gasteiger partial charge in [-0.05, 0) is 49.9 Å². The minimum absolute atomic E-state index is 0.165. The zero-order chi connectivity index (χ0) is 19.1. The normalized spacial score (nSPS) is 19.0. The van der Waals surface area contributed by atoms with Crippen molar-refractivity contribution in [1.29, 1.82) is 0 Å². The first kappa shape index (κ1) is 18.1. The molecule has 2 fully saturated rings. The molecule has 4 rings (SSSR count). The highest BCUT2D eigenvalue weighted by Crippen LogP contribution is 2.49. The maximum absolute atomic E-state index is 14.2. The van der Waals surface area contributed by atoms with Crippen molar-refractivity contribution in [3.63, 3.8) is 0 Å². The van der Waals surface area contributed by atoms with Crippen LogP contribution in [0.25, 0.3) is 0 Å². The van der Waals surface area contributed by atoms with E-state index in [1.54, 1.807) is 30.3 Å². The number of sulfonamides is 1. The first-order valence-electron chi connectivity index (χ1n) is 9.10. The monoisotopic (exact) mass is 388 g/mol. The Hall–Kier alpha value is -2.25. The minimum Gasteiger partial charge on any atom is -0.325 e. The zero-order valence-corrected chi connectivity index (χ0v) is 15.6. The van der Waals surface area contributed by atoms with Gasteiger partial charge >= 0.3 is 0 Å². The van der Waals surface area contributed by atoms with Gasteiger partial charge in [0, 0.05) is 24.3 Å². The number of benzene rings is 2. The Morgan fingerprint density at radius 2 is 1.74 bits per heavy atom. The number of carbonyl (C=O) groups is 1. The van der Waals surface area contributed by atoms with Gasteiger partial charge in [0.2, 0.25) is 15.9 Å². The summed E-state index contributed by atoms with van der Waals surface area (Å²) in [5.74, 6) is -0.696. The van der Waals surface area contributed by atoms with Crippen molar-refractivity contribution in [2.24, 2.45) is 0 Å². The van der Waals surface area contributed by atoms with Crippen molar-refractivity contribution in [2.75, 3.05) is 18.4 Å². The van der Waals surface area contributed by atoms with Crippen LogP contribution in [0.5, 0.6) is 0 Å². The smallest absolute Gasteiger partial charge is 0.243 e. The molecule has 1 aliphatic heterocycles. The molecule has 1 saturated carbocycles. The molecule has 0 spiro atoms. The van der Waals surface area contributed by atoms with Gasteiger partial charge in [-0.1, -0.05) is 24.3 Å². The Bertz CT molecular complexity index is 980. The van der Waals surface area contributed by atoms with Gasteiger partial charge < -0.3 is 5.32 Å². The summed E-state index contributed by atoms with van der Waals surface area (Å²) in [6.07, 6.45) is 2.87. The third-order valence-electron chi connectivity index (χ3n) is 5.37. The maximum Gasteiger partial charge on any atom is 0.243 e. The molecule has 1 saturated heterocycles. The molecule has 0 unspecified atom stereocenters. The SMILES string of the molecule is O=C(Nc1cccc(S(=O)(=O)N2CCCC2)c1)C1(c2ccccc2F)CC1. The number of anilines is 1. The highest BCUT2D eigenvalue weighted by atomic mass is 32.2. The van der Waals surface area contributed by atoms with Gasteiger partial charge in [0.1, 0.15) is 5.82 Å². The van der Waals surface area contributed by atoms with Crippen LogP contribution in [0.3, 0.4) is 0 Å². The summed E-state index contributed by atoms with van der Waals surface area (Å²) < 4.78 is 41.0. The summed E-state index contributed by atoms with van der Waals surface area (Å²) in [5, 5.41) is 2.78. The molecule has 2 aromatic rings. The second-order valence-electron chi connectivity index (χ2n) is 7.16. The van der Waals surface area contributed by atoms with Gasteiger partial charge in [0.15, 0.2) is 0 Å². The molecule has 1 aliphatic carbocycles. The van der Waals surface area contributed by atoms with Crippen molar-refractivity contribution < 1.29 is 17.6 Å². The van der Waals surface area contributed by atoms with Crippen LogP contribution >= 0.6 is 0 Å². The van der Waals surface area contributed by atoms with E-state index in [0.717, 1.165) is 12.8 Å². The molecule has 27 heavy (non-hydrogen) atoms. The van der Waals surface area contributed by atoms with Crippen LogP contribution in [0.2, 0.25) is 0 Å². The summed E-state index contributed by atoms with van der Waals surface area (Å²) in [5.41, 5.74) is -0.0685. The zero-order valence-electron chi connectivity index (χ0n) is 14.8. The standard InChI is InChI=1S/C20H21FN2O3S/c21-18-9-2-1-8-17(18)20(10-11-20)19(24)22-15-6-5-7-16(14-15)27(25,26)23-12-3-4-13-23/h1-2,5-9,14H,3-4,10-13H2,(H,22,24). The van der Waals surface area contributed by atoms with Gasteiger partial charge in [-0.25, -0.2) is 12.8 Å². The Morgan fingerprint density at radius 1 is 1.04 bits per heavy atom. The van der Waals surface area contributed by atoms with Crippen LogP contribution in [0.15, 0.2) is 53.4 Å². The van der Waals surface area contributed by atoms with E-state index in [4.69, 9.17) is 0 Å². The second kappa shape index (κ2) is 6.73. The molecular formula is C20H21FN2O3S. The number of hydrogen-bond acceptors (Lipinski definition) is 3. The summed E-state index contributed by atoms with van der Waals surface area (Å²) in [6.45, 7) is 1.05. The quantitative estimate of drug-likeness (QED) is 0.855. The fourth-order valence-corrected chi connectivity index (χ4v) is 5.22. The molecule has 0 aromatic heterocycles. The lowest BCUT2D eigenvalue weighted by Crippen LogP contribution is -2.29. The molecule has 142 valence electrons. The predicted octanol–water partition coefficient (Wildman–Crippen LogP) is 3.28. The van der Waals surface area contributed by atoms with Crippen molar-refractivity contribution in [1.82, 2.24) is 4.31 Å². The van der Waals surface area contributed by atoms with Crippen LogP contribution in [0, 0.1) is 5.82 Å². The van der Waals surface area contributed by atoms with Gasteiger partial charge in [-0.3, -0.25) is 4.79 Å². The lowest BCUT2D eigenvalue weighted by atomic mass is 9.94. The van der Waals surface area contributed by atoms with Crippen LogP contribution in [0.1, 0.15) is 31.2 Å². The lowest BCUT2D eigenvalue weighted by Gasteiger charge is -2.18. The van der Waals surface area contributed by atoms with E-state index in [-0.39, 0.29) is 10.8 Å². The van der Waals surface area contributed by atoms with Crippen LogP contribution in [-0.2, 0) is 20.2 Å². The fraction of sp³-hybridized carbons (Fsp3) is 0.350. The molecule has 5 nitrogen and oxygen atoms in total. The van der Waals surface area contributed by atoms with E-state index < -0.39 is 21.3 Å². The molecule has 0 atom stereocenters. The molecule has 2 aromatic carbocycles. The van der Waals surface area contributed by atoms with Gasteiger partial charge in [-0.15, -0.1) is 0 Å². The fourth-order valence-electron chi connectivity index (χ4n) is 3.66. The molecule has 2 aliphatic rings. The summed E-state index contributed by atoms with van der Waals surface area (Å²) >= 11 is 0. The van der Waals surface area contributed by atoms with E-state index in [9.17, 15) is 17.6 Å². The Kier molecular flexibility index (Phi) is 4.52. The maximum atomic E-state index is 14.2. The van der Waals surface area contributed by atoms with Gasteiger partial charge in [-0.2, -0.15) is 4.31 Å². The number of amides is 1. The second-order valence-corrected chi connectivity index (χ2v) is 9.09. The molecule has 1 heterocycles. The summed E-state index contributed by atoms with van der Waals surface area (Å²) in [6, 6.07) is 12.6. The third-order valence-corrected chi connectivity index (χ3v) is 7.26. The molecular weight excluding hydrogens is 367 g/mol. The first-order chi connectivity index (χ1) is 12.9. The van der Waals surface area contributed by atoms with E-state index >= 15 is 0 Å². The Balaban J connectivity index is 1.57. The highest BCUT2D eigenvalue weighted by molar-refractivity contribution is 7.89. The number of rotatable bonds is 5. The predicted molar refractivity (Wildman–Crippen MR) is 100 cm³/mol.